The van der Waals surface area contributed by atoms with Crippen molar-refractivity contribution in [2.24, 2.45) is 0 Å². The molecule has 1 atom stereocenters. The molecule has 5 nitrogen and oxygen atoms in total. The van der Waals surface area contributed by atoms with Crippen molar-refractivity contribution in [3.8, 4) is 0 Å². The van der Waals surface area contributed by atoms with Gasteiger partial charge in [-0.3, -0.25) is 4.72 Å². The molecule has 0 saturated heterocycles. The summed E-state index contributed by atoms with van der Waals surface area (Å²) in [4.78, 5) is 11.9. The van der Waals surface area contributed by atoms with Gasteiger partial charge in [0.1, 0.15) is 11.1 Å². The van der Waals surface area contributed by atoms with Crippen LogP contribution in [0, 0.1) is 17.5 Å². The number of rotatable bonds is 5. The summed E-state index contributed by atoms with van der Waals surface area (Å²) < 4.78 is 71.5. The van der Waals surface area contributed by atoms with Gasteiger partial charge in [-0.15, -0.1) is 0 Å². The molecule has 1 aromatic carbocycles. The van der Waals surface area contributed by atoms with Crippen LogP contribution in [0.25, 0.3) is 0 Å². The summed E-state index contributed by atoms with van der Waals surface area (Å²) in [6.45, 7) is 1.66. The molecule has 0 heterocycles. The molecule has 1 N–H and O–H groups in total. The van der Waals surface area contributed by atoms with Gasteiger partial charge in [-0.2, -0.15) is 0 Å². The first-order chi connectivity index (χ1) is 11.3. The highest BCUT2D eigenvalue weighted by atomic mass is 32.2. The molecule has 1 aliphatic rings. The zero-order chi connectivity index (χ0) is 17.9. The van der Waals surface area contributed by atoms with E-state index in [-0.39, 0.29) is 24.7 Å². The molecule has 9 heteroatoms. The number of hydrogen-bond donors (Lipinski definition) is 1. The molecule has 0 fully saturated rings. The van der Waals surface area contributed by atoms with Crippen molar-refractivity contribution in [3.05, 3.63) is 41.2 Å². The minimum Gasteiger partial charge on any atom is -0.463 e. The van der Waals surface area contributed by atoms with Crippen molar-refractivity contribution >= 4 is 21.7 Å². The number of esters is 1. The van der Waals surface area contributed by atoms with E-state index in [0.29, 0.717) is 18.9 Å². The van der Waals surface area contributed by atoms with Crippen LogP contribution in [0.3, 0.4) is 0 Å². The smallest absolute Gasteiger partial charge is 0.335 e. The van der Waals surface area contributed by atoms with E-state index < -0.39 is 44.4 Å². The van der Waals surface area contributed by atoms with E-state index in [1.807, 2.05) is 4.72 Å². The van der Waals surface area contributed by atoms with E-state index in [1.165, 1.54) is 6.08 Å². The number of sulfonamides is 1. The highest BCUT2D eigenvalue weighted by Crippen LogP contribution is 2.28. The van der Waals surface area contributed by atoms with Crippen LogP contribution in [0.2, 0.25) is 0 Å². The van der Waals surface area contributed by atoms with E-state index in [1.54, 1.807) is 6.92 Å². The highest BCUT2D eigenvalue weighted by molar-refractivity contribution is 7.93. The van der Waals surface area contributed by atoms with Crippen molar-refractivity contribution in [1.82, 2.24) is 0 Å². The van der Waals surface area contributed by atoms with Gasteiger partial charge in [0.25, 0.3) is 0 Å². The van der Waals surface area contributed by atoms with Crippen LogP contribution in [0.4, 0.5) is 18.9 Å². The fraction of sp³-hybridized carbons (Fsp3) is 0.400. The van der Waals surface area contributed by atoms with Crippen molar-refractivity contribution in [3.63, 3.8) is 0 Å². The average Bonchev–Trinajstić information content (AvgIpc) is 2.52. The normalized spacial score (nSPS) is 18.0. The lowest BCUT2D eigenvalue weighted by Crippen LogP contribution is -2.35. The zero-order valence-electron chi connectivity index (χ0n) is 12.8. The second kappa shape index (κ2) is 7.25. The number of hydrogen-bond acceptors (Lipinski definition) is 4. The Bertz CT molecular complexity index is 777. The van der Waals surface area contributed by atoms with Crippen LogP contribution in [-0.4, -0.2) is 26.2 Å². The van der Waals surface area contributed by atoms with Gasteiger partial charge in [0.05, 0.1) is 17.9 Å². The Kier molecular flexibility index (Phi) is 5.53. The van der Waals surface area contributed by atoms with E-state index >= 15 is 0 Å². The van der Waals surface area contributed by atoms with E-state index in [9.17, 15) is 26.4 Å². The second-order valence-electron chi connectivity index (χ2n) is 5.19. The lowest BCUT2D eigenvalue weighted by molar-refractivity contribution is -0.138. The first-order valence-electron chi connectivity index (χ1n) is 7.29. The summed E-state index contributed by atoms with van der Waals surface area (Å²) in [6, 6.07) is 0.662. The molecule has 0 spiro atoms. The van der Waals surface area contributed by atoms with Crippen molar-refractivity contribution in [2.75, 3.05) is 11.3 Å². The standard InChI is InChI=1S/C15H16F3NO4S/c1-2-23-15(20)9-5-3-4-6-14(9)24(21,22)19-13-8-11(17)10(16)7-12(13)18/h5,7-8,14,19H,2-4,6H2,1H3. The molecule has 1 aliphatic carbocycles. The Morgan fingerprint density at radius 3 is 2.58 bits per heavy atom. The van der Waals surface area contributed by atoms with Crippen LogP contribution in [0.5, 0.6) is 0 Å². The third-order valence-corrected chi connectivity index (χ3v) is 5.27. The van der Waals surface area contributed by atoms with Gasteiger partial charge in [-0.05, 0) is 26.2 Å². The van der Waals surface area contributed by atoms with Gasteiger partial charge in [0.2, 0.25) is 10.0 Å². The minimum absolute atomic E-state index is 0.0430. The number of carbonyl (C=O) groups excluding carboxylic acids is 1. The van der Waals surface area contributed by atoms with Crippen LogP contribution < -0.4 is 4.72 Å². The Morgan fingerprint density at radius 1 is 1.25 bits per heavy atom. The summed E-state index contributed by atoms with van der Waals surface area (Å²) in [7, 11) is -4.25. The summed E-state index contributed by atoms with van der Waals surface area (Å²) in [5, 5.41) is -1.25. The zero-order valence-corrected chi connectivity index (χ0v) is 13.6. The van der Waals surface area contributed by atoms with Gasteiger partial charge < -0.3 is 4.74 Å². The number of nitrogens with one attached hydrogen (secondary N) is 1. The Hall–Kier alpha value is -2.03. The third kappa shape index (κ3) is 3.89. The Morgan fingerprint density at radius 2 is 1.92 bits per heavy atom. The monoisotopic (exact) mass is 363 g/mol. The maximum Gasteiger partial charge on any atom is 0.335 e. The summed E-state index contributed by atoms with van der Waals surface area (Å²) in [5.74, 6) is -4.84. The van der Waals surface area contributed by atoms with Crippen molar-refractivity contribution in [1.29, 1.82) is 0 Å². The molecule has 0 saturated carbocycles. The Labute approximate surface area is 137 Å². The second-order valence-corrected chi connectivity index (χ2v) is 7.06. The van der Waals surface area contributed by atoms with Crippen molar-refractivity contribution in [2.45, 2.75) is 31.4 Å². The topological polar surface area (TPSA) is 72.5 Å². The molecular formula is C15H16F3NO4S. The maximum absolute atomic E-state index is 13.7. The van der Waals surface area contributed by atoms with Gasteiger partial charge in [0, 0.05) is 12.1 Å². The molecule has 0 bridgehead atoms. The first-order valence-corrected chi connectivity index (χ1v) is 8.84. The Balaban J connectivity index is 2.32. The molecule has 132 valence electrons. The fourth-order valence-electron chi connectivity index (χ4n) is 2.42. The van der Waals surface area contributed by atoms with Gasteiger partial charge in [0.15, 0.2) is 11.6 Å². The molecule has 0 aromatic heterocycles. The number of ether oxygens (including phenoxy) is 1. The van der Waals surface area contributed by atoms with Gasteiger partial charge in [-0.1, -0.05) is 6.08 Å². The van der Waals surface area contributed by atoms with E-state index in [0.717, 1.165) is 0 Å². The van der Waals surface area contributed by atoms with Crippen molar-refractivity contribution < 1.29 is 31.1 Å². The summed E-state index contributed by atoms with van der Waals surface area (Å²) in [5.41, 5.74) is -0.763. The maximum atomic E-state index is 13.7. The van der Waals surface area contributed by atoms with Gasteiger partial charge >= 0.3 is 5.97 Å². The number of anilines is 1. The summed E-state index contributed by atoms with van der Waals surface area (Å²) >= 11 is 0. The van der Waals surface area contributed by atoms with Crippen LogP contribution >= 0.6 is 0 Å². The quantitative estimate of drug-likeness (QED) is 0.645. The van der Waals surface area contributed by atoms with Gasteiger partial charge in [-0.25, -0.2) is 26.4 Å². The SMILES string of the molecule is CCOC(=O)C1=CCCCC1S(=O)(=O)Nc1cc(F)c(F)cc1F. The van der Waals surface area contributed by atoms with E-state index in [2.05, 4.69) is 0 Å². The number of halogens is 3. The highest BCUT2D eigenvalue weighted by Gasteiger charge is 2.35. The first kappa shape index (κ1) is 18.3. The molecule has 2 rings (SSSR count). The van der Waals surface area contributed by atoms with Crippen LogP contribution in [-0.2, 0) is 19.6 Å². The molecule has 1 unspecified atom stereocenters. The number of carbonyl (C=O) groups is 1. The largest absolute Gasteiger partial charge is 0.463 e. The molecule has 24 heavy (non-hydrogen) atoms. The molecule has 0 radical (unpaired) electrons. The lowest BCUT2D eigenvalue weighted by Gasteiger charge is -2.23. The fourth-order valence-corrected chi connectivity index (χ4v) is 4.03. The molecule has 0 aliphatic heterocycles. The predicted molar refractivity (Wildman–Crippen MR) is 81.2 cm³/mol. The minimum atomic E-state index is -4.25. The molecule has 0 amide bonds. The van der Waals surface area contributed by atoms with Crippen LogP contribution in [0.1, 0.15) is 26.2 Å². The molecular weight excluding hydrogens is 347 g/mol. The summed E-state index contributed by atoms with van der Waals surface area (Å²) in [6.07, 6.45) is 2.62. The third-order valence-electron chi connectivity index (χ3n) is 3.53. The van der Waals surface area contributed by atoms with E-state index in [4.69, 9.17) is 4.74 Å². The lowest BCUT2D eigenvalue weighted by atomic mass is 9.99. The molecule has 1 aromatic rings. The number of allylic oxidation sites excluding steroid dienone is 1. The predicted octanol–water partition coefficient (Wildman–Crippen LogP) is 2.89. The number of benzene rings is 1. The van der Waals surface area contributed by atoms with Crippen LogP contribution in [0.15, 0.2) is 23.8 Å². The average molecular weight is 363 g/mol.